The summed E-state index contributed by atoms with van der Waals surface area (Å²) in [6.45, 7) is 2.20. The highest BCUT2D eigenvalue weighted by molar-refractivity contribution is 7.17. The van der Waals surface area contributed by atoms with Gasteiger partial charge in [-0.2, -0.15) is 0 Å². The number of carbonyl (C=O) groups excluding carboxylic acids is 2. The summed E-state index contributed by atoms with van der Waals surface area (Å²) in [5.41, 5.74) is 2.57. The van der Waals surface area contributed by atoms with Crippen molar-refractivity contribution < 1.29 is 14.3 Å². The Morgan fingerprint density at radius 2 is 2.04 bits per heavy atom. The number of ether oxygens (including phenoxy) is 1. The van der Waals surface area contributed by atoms with Crippen LogP contribution in [0.2, 0.25) is 0 Å². The van der Waals surface area contributed by atoms with Crippen LogP contribution in [0.25, 0.3) is 0 Å². The Morgan fingerprint density at radius 3 is 2.72 bits per heavy atom. The third kappa shape index (κ3) is 3.93. The van der Waals surface area contributed by atoms with Crippen LogP contribution in [-0.4, -0.2) is 19.0 Å². The predicted octanol–water partition coefficient (Wildman–Crippen LogP) is 4.23. The fourth-order valence-electron chi connectivity index (χ4n) is 3.36. The van der Waals surface area contributed by atoms with Gasteiger partial charge in [-0.25, -0.2) is 4.79 Å². The largest absolute Gasteiger partial charge is 0.465 e. The van der Waals surface area contributed by atoms with E-state index in [-0.39, 0.29) is 11.9 Å². The van der Waals surface area contributed by atoms with E-state index in [0.29, 0.717) is 22.9 Å². The molecule has 1 atom stereocenters. The van der Waals surface area contributed by atoms with Crippen LogP contribution in [0.1, 0.15) is 46.1 Å². The minimum absolute atomic E-state index is 0.109. The smallest absolute Gasteiger partial charge is 0.341 e. The van der Waals surface area contributed by atoms with Crippen LogP contribution in [0, 0.1) is 5.92 Å². The summed E-state index contributed by atoms with van der Waals surface area (Å²) in [7, 11) is 1.39. The van der Waals surface area contributed by atoms with Crippen molar-refractivity contribution in [1.29, 1.82) is 0 Å². The summed E-state index contributed by atoms with van der Waals surface area (Å²) in [5, 5.41) is 3.58. The number of nitrogens with one attached hydrogen (secondary N) is 1. The molecule has 5 heteroatoms. The fourth-order valence-corrected chi connectivity index (χ4v) is 4.73. The van der Waals surface area contributed by atoms with E-state index in [9.17, 15) is 9.59 Å². The zero-order valence-corrected chi connectivity index (χ0v) is 15.4. The van der Waals surface area contributed by atoms with Gasteiger partial charge < -0.3 is 10.1 Å². The SMILES string of the molecule is CC[C@H]1CCc2c(sc(NC(=O)Cc3ccccc3)c2C(=O)OC)C1. The highest BCUT2D eigenvalue weighted by Gasteiger charge is 2.29. The van der Waals surface area contributed by atoms with Crippen molar-refractivity contribution in [3.8, 4) is 0 Å². The minimum atomic E-state index is -0.359. The highest BCUT2D eigenvalue weighted by Crippen LogP contribution is 2.40. The quantitative estimate of drug-likeness (QED) is 0.815. The van der Waals surface area contributed by atoms with Crippen LogP contribution in [0.15, 0.2) is 30.3 Å². The van der Waals surface area contributed by atoms with Crippen molar-refractivity contribution in [1.82, 2.24) is 0 Å². The molecule has 0 unspecified atom stereocenters. The molecule has 0 bridgehead atoms. The van der Waals surface area contributed by atoms with Crippen molar-refractivity contribution in [2.45, 2.75) is 39.0 Å². The molecule has 1 heterocycles. The lowest BCUT2D eigenvalue weighted by atomic mass is 9.85. The van der Waals surface area contributed by atoms with Gasteiger partial charge in [0.05, 0.1) is 19.1 Å². The Balaban J connectivity index is 1.84. The topological polar surface area (TPSA) is 55.4 Å². The van der Waals surface area contributed by atoms with Gasteiger partial charge in [0, 0.05) is 4.88 Å². The molecular weight excluding hydrogens is 334 g/mol. The number of amides is 1. The van der Waals surface area contributed by atoms with Gasteiger partial charge in [0.15, 0.2) is 0 Å². The van der Waals surface area contributed by atoms with Gasteiger partial charge in [0.2, 0.25) is 5.91 Å². The minimum Gasteiger partial charge on any atom is -0.465 e. The second-order valence-electron chi connectivity index (χ2n) is 6.43. The van der Waals surface area contributed by atoms with Gasteiger partial charge in [0.1, 0.15) is 5.00 Å². The number of benzene rings is 1. The van der Waals surface area contributed by atoms with Gasteiger partial charge >= 0.3 is 5.97 Å². The number of hydrogen-bond donors (Lipinski definition) is 1. The molecule has 0 spiro atoms. The van der Waals surface area contributed by atoms with Crippen molar-refractivity contribution >= 4 is 28.2 Å². The Bertz CT molecular complexity index is 767. The molecule has 1 N–H and O–H groups in total. The molecule has 0 saturated heterocycles. The first-order valence-electron chi connectivity index (χ1n) is 8.69. The van der Waals surface area contributed by atoms with E-state index in [1.165, 1.54) is 23.3 Å². The van der Waals surface area contributed by atoms with Crippen LogP contribution < -0.4 is 5.32 Å². The van der Waals surface area contributed by atoms with Gasteiger partial charge in [-0.05, 0) is 36.3 Å². The molecule has 1 amide bonds. The van der Waals surface area contributed by atoms with Crippen molar-refractivity contribution in [3.05, 3.63) is 51.9 Å². The van der Waals surface area contributed by atoms with Gasteiger partial charge in [-0.15, -0.1) is 11.3 Å². The van der Waals surface area contributed by atoms with Crippen molar-refractivity contribution in [2.75, 3.05) is 12.4 Å². The molecule has 0 aliphatic heterocycles. The molecule has 0 radical (unpaired) electrons. The fraction of sp³-hybridized carbons (Fsp3) is 0.400. The second-order valence-corrected chi connectivity index (χ2v) is 7.53. The van der Waals surface area contributed by atoms with Crippen molar-refractivity contribution in [3.63, 3.8) is 0 Å². The molecule has 3 rings (SSSR count). The number of anilines is 1. The summed E-state index contributed by atoms with van der Waals surface area (Å²) in [6.07, 6.45) is 4.38. The van der Waals surface area contributed by atoms with Crippen LogP contribution >= 0.6 is 11.3 Å². The number of esters is 1. The van der Waals surface area contributed by atoms with Crippen LogP contribution in [0.4, 0.5) is 5.00 Å². The Morgan fingerprint density at radius 1 is 1.28 bits per heavy atom. The maximum absolute atomic E-state index is 12.4. The third-order valence-corrected chi connectivity index (χ3v) is 5.96. The molecule has 1 aromatic carbocycles. The summed E-state index contributed by atoms with van der Waals surface area (Å²) >= 11 is 1.53. The lowest BCUT2D eigenvalue weighted by Crippen LogP contribution is -2.17. The van der Waals surface area contributed by atoms with E-state index >= 15 is 0 Å². The number of fused-ring (bicyclic) bond motifs is 1. The zero-order chi connectivity index (χ0) is 17.8. The molecule has 0 fully saturated rings. The van der Waals surface area contributed by atoms with Gasteiger partial charge in [-0.3, -0.25) is 4.79 Å². The Labute approximate surface area is 152 Å². The van der Waals surface area contributed by atoms with Crippen LogP contribution in [-0.2, 0) is 28.8 Å². The van der Waals surface area contributed by atoms with Crippen molar-refractivity contribution in [2.24, 2.45) is 5.92 Å². The lowest BCUT2D eigenvalue weighted by molar-refractivity contribution is -0.115. The molecule has 1 aliphatic carbocycles. The third-order valence-electron chi connectivity index (χ3n) is 4.79. The Hall–Kier alpha value is -2.14. The lowest BCUT2D eigenvalue weighted by Gasteiger charge is -2.20. The molecule has 132 valence electrons. The molecule has 1 aromatic heterocycles. The summed E-state index contributed by atoms with van der Waals surface area (Å²) in [4.78, 5) is 25.9. The second kappa shape index (κ2) is 7.83. The van der Waals surface area contributed by atoms with E-state index in [1.807, 2.05) is 30.3 Å². The van der Waals surface area contributed by atoms with E-state index in [1.54, 1.807) is 0 Å². The average molecular weight is 357 g/mol. The maximum Gasteiger partial charge on any atom is 0.341 e. The summed E-state index contributed by atoms with van der Waals surface area (Å²) < 4.78 is 4.97. The zero-order valence-electron chi connectivity index (χ0n) is 14.6. The van der Waals surface area contributed by atoms with Crippen LogP contribution in [0.3, 0.4) is 0 Å². The van der Waals surface area contributed by atoms with Gasteiger partial charge in [0.25, 0.3) is 0 Å². The average Bonchev–Trinajstić information content (AvgIpc) is 2.98. The number of carbonyl (C=O) groups is 2. The van der Waals surface area contributed by atoms with E-state index in [0.717, 1.165) is 36.8 Å². The van der Waals surface area contributed by atoms with Crippen LogP contribution in [0.5, 0.6) is 0 Å². The molecule has 4 nitrogen and oxygen atoms in total. The summed E-state index contributed by atoms with van der Waals surface area (Å²) in [6, 6.07) is 9.60. The number of thiophene rings is 1. The number of rotatable bonds is 5. The molecule has 2 aromatic rings. The first-order chi connectivity index (χ1) is 12.1. The molecule has 1 aliphatic rings. The monoisotopic (exact) mass is 357 g/mol. The number of methoxy groups -OCH3 is 1. The summed E-state index contributed by atoms with van der Waals surface area (Å²) in [5.74, 6) is 0.189. The normalized spacial score (nSPS) is 16.2. The van der Waals surface area contributed by atoms with E-state index < -0.39 is 0 Å². The first-order valence-corrected chi connectivity index (χ1v) is 9.50. The number of hydrogen-bond acceptors (Lipinski definition) is 4. The van der Waals surface area contributed by atoms with E-state index in [4.69, 9.17) is 4.74 Å². The molecular formula is C20H23NO3S. The molecule has 25 heavy (non-hydrogen) atoms. The first kappa shape index (κ1) is 17.7. The maximum atomic E-state index is 12.4. The predicted molar refractivity (Wildman–Crippen MR) is 100 cm³/mol. The van der Waals surface area contributed by atoms with Gasteiger partial charge in [-0.1, -0.05) is 43.7 Å². The molecule has 0 saturated carbocycles. The van der Waals surface area contributed by atoms with E-state index in [2.05, 4.69) is 12.2 Å². The highest BCUT2D eigenvalue weighted by atomic mass is 32.1. The standard InChI is InChI=1S/C20H23NO3S/c1-3-13-9-10-15-16(11-13)25-19(18(15)20(23)24-2)21-17(22)12-14-7-5-4-6-8-14/h4-8,13H,3,9-12H2,1-2H3,(H,21,22)/t13-/m0/s1. The Kier molecular flexibility index (Phi) is 5.53.